The molecule has 0 saturated heterocycles. The Labute approximate surface area is 150 Å². The van der Waals surface area contributed by atoms with Crippen LogP contribution in [0.15, 0.2) is 24.5 Å². The van der Waals surface area contributed by atoms with Gasteiger partial charge in [0.05, 0.1) is 23.3 Å². The summed E-state index contributed by atoms with van der Waals surface area (Å²) in [5.74, 6) is 0.436. The van der Waals surface area contributed by atoms with E-state index in [0.29, 0.717) is 24.0 Å². The molecule has 1 heterocycles. The molecule has 23 heavy (non-hydrogen) atoms. The normalized spacial score (nSPS) is 13.6. The number of carbonyl (C=O) groups is 1. The topological polar surface area (TPSA) is 44.8 Å². The van der Waals surface area contributed by atoms with Gasteiger partial charge in [-0.15, -0.1) is 0 Å². The fourth-order valence-electron chi connectivity index (χ4n) is 2.07. The van der Waals surface area contributed by atoms with Crippen molar-refractivity contribution >= 4 is 40.8 Å². The zero-order chi connectivity index (χ0) is 16.8. The lowest BCUT2D eigenvalue weighted by atomic mass is 10.3. The number of urea groups is 1. The van der Waals surface area contributed by atoms with E-state index in [9.17, 15) is 4.79 Å². The first-order chi connectivity index (χ1) is 11.0. The van der Waals surface area contributed by atoms with Crippen molar-refractivity contribution in [1.82, 2.24) is 15.1 Å². The summed E-state index contributed by atoms with van der Waals surface area (Å²) in [5.41, 5.74) is 0. The quantitative estimate of drug-likeness (QED) is 0.596. The van der Waals surface area contributed by atoms with E-state index in [1.165, 1.54) is 0 Å². The summed E-state index contributed by atoms with van der Waals surface area (Å²) in [6.07, 6.45) is 4.72. The molecule has 0 unspecified atom stereocenters. The van der Waals surface area contributed by atoms with Crippen molar-refractivity contribution in [2.45, 2.75) is 13.3 Å². The predicted molar refractivity (Wildman–Crippen MR) is 93.2 cm³/mol. The Kier molecular flexibility index (Phi) is 6.69. The summed E-state index contributed by atoms with van der Waals surface area (Å²) in [5, 5.41) is 3.68. The highest BCUT2D eigenvalue weighted by Gasteiger charge is 2.17. The Hall–Kier alpha value is -1.30. The molecule has 8 heteroatoms. The van der Waals surface area contributed by atoms with Crippen molar-refractivity contribution in [3.05, 3.63) is 39.6 Å². The van der Waals surface area contributed by atoms with E-state index in [2.05, 4.69) is 17.1 Å². The highest BCUT2D eigenvalue weighted by atomic mass is 35.5. The van der Waals surface area contributed by atoms with Crippen LogP contribution in [0.3, 0.4) is 0 Å². The van der Waals surface area contributed by atoms with Crippen molar-refractivity contribution in [2.75, 3.05) is 26.4 Å². The summed E-state index contributed by atoms with van der Waals surface area (Å²) < 4.78 is 5.51. The highest BCUT2D eigenvalue weighted by Crippen LogP contribution is 2.36. The number of nitrogens with zero attached hydrogens (tertiary/aromatic N) is 2. The molecule has 5 nitrogen and oxygen atoms in total. The molecule has 1 N–H and O–H groups in total. The molecule has 0 radical (unpaired) electrons. The Morgan fingerprint density at radius 3 is 2.78 bits per heavy atom. The summed E-state index contributed by atoms with van der Waals surface area (Å²) in [6, 6.07) is 3.09. The second-order valence-electron chi connectivity index (χ2n) is 4.98. The molecule has 1 aliphatic heterocycles. The van der Waals surface area contributed by atoms with Crippen LogP contribution in [0, 0.1) is 0 Å². The molecule has 1 aromatic rings. The van der Waals surface area contributed by atoms with Crippen LogP contribution in [0.1, 0.15) is 13.3 Å². The summed E-state index contributed by atoms with van der Waals surface area (Å²) in [7, 11) is 0. The predicted octanol–water partition coefficient (Wildman–Crippen LogP) is 4.19. The fourth-order valence-corrected chi connectivity index (χ4v) is 2.65. The Morgan fingerprint density at radius 2 is 2.04 bits per heavy atom. The monoisotopic (exact) mass is 377 g/mol. The number of nitrogens with one attached hydrogen (secondary N) is 1. The molecule has 0 spiro atoms. The van der Waals surface area contributed by atoms with Gasteiger partial charge in [-0.3, -0.25) is 4.90 Å². The van der Waals surface area contributed by atoms with Crippen LogP contribution in [0.5, 0.6) is 5.75 Å². The van der Waals surface area contributed by atoms with Gasteiger partial charge in [-0.1, -0.05) is 41.7 Å². The maximum Gasteiger partial charge on any atom is 0.323 e. The van der Waals surface area contributed by atoms with Gasteiger partial charge in [-0.25, -0.2) is 4.79 Å². The highest BCUT2D eigenvalue weighted by molar-refractivity contribution is 6.48. The molecular weight excluding hydrogens is 361 g/mol. The number of carbonyl (C=O) groups excluding carboxylic acids is 1. The minimum Gasteiger partial charge on any atom is -0.490 e. The lowest BCUT2D eigenvalue weighted by Crippen LogP contribution is -2.40. The maximum absolute atomic E-state index is 12.0. The van der Waals surface area contributed by atoms with Crippen molar-refractivity contribution in [3.63, 3.8) is 0 Å². The maximum atomic E-state index is 12.0. The number of hydrogen-bond acceptors (Lipinski definition) is 3. The molecule has 0 aromatic heterocycles. The lowest BCUT2D eigenvalue weighted by molar-refractivity contribution is 0.199. The molecule has 0 aliphatic carbocycles. The second-order valence-corrected chi connectivity index (χ2v) is 6.14. The molecule has 1 aromatic carbocycles. The van der Waals surface area contributed by atoms with Crippen molar-refractivity contribution in [3.8, 4) is 5.75 Å². The summed E-state index contributed by atoms with van der Waals surface area (Å²) in [4.78, 5) is 15.7. The Bertz CT molecular complexity index is 596. The molecule has 2 rings (SSSR count). The first-order valence-electron chi connectivity index (χ1n) is 7.26. The van der Waals surface area contributed by atoms with Gasteiger partial charge in [-0.2, -0.15) is 0 Å². The summed E-state index contributed by atoms with van der Waals surface area (Å²) in [6.45, 7) is 4.23. The van der Waals surface area contributed by atoms with Crippen LogP contribution < -0.4 is 10.1 Å². The average Bonchev–Trinajstić information content (AvgIpc) is 3.00. The standard InChI is InChI=1S/C15H18Cl3N3O2/c1-2-6-20-7-8-21(10-20)15(22)19-5-9-23-12-4-3-11(16)13(17)14(12)18/h3-4,7-8H,2,5-6,9-10H2,1H3,(H,19,22). The van der Waals surface area contributed by atoms with E-state index in [1.807, 2.05) is 6.20 Å². The average molecular weight is 379 g/mol. The van der Waals surface area contributed by atoms with Crippen molar-refractivity contribution in [1.29, 1.82) is 0 Å². The van der Waals surface area contributed by atoms with Crippen LogP contribution in [-0.2, 0) is 0 Å². The van der Waals surface area contributed by atoms with Gasteiger partial charge in [-0.05, 0) is 18.6 Å². The number of rotatable bonds is 6. The first kappa shape index (κ1) is 18.0. The zero-order valence-electron chi connectivity index (χ0n) is 12.7. The van der Waals surface area contributed by atoms with Crippen LogP contribution >= 0.6 is 34.8 Å². The third-order valence-electron chi connectivity index (χ3n) is 3.20. The minimum absolute atomic E-state index is 0.163. The van der Waals surface area contributed by atoms with Gasteiger partial charge in [0.2, 0.25) is 0 Å². The Morgan fingerprint density at radius 1 is 1.26 bits per heavy atom. The third-order valence-corrected chi connectivity index (χ3v) is 4.47. The molecule has 1 aliphatic rings. The summed E-state index contributed by atoms with van der Waals surface area (Å²) >= 11 is 17.8. The molecule has 2 amide bonds. The number of benzene rings is 1. The molecule has 0 bridgehead atoms. The Balaban J connectivity index is 1.73. The second kappa shape index (κ2) is 8.52. The fraction of sp³-hybridized carbons (Fsp3) is 0.400. The third kappa shape index (κ3) is 4.83. The van der Waals surface area contributed by atoms with Gasteiger partial charge in [0, 0.05) is 18.9 Å². The lowest BCUT2D eigenvalue weighted by Gasteiger charge is -2.19. The first-order valence-corrected chi connectivity index (χ1v) is 8.39. The van der Waals surface area contributed by atoms with Crippen molar-refractivity contribution in [2.24, 2.45) is 0 Å². The molecule has 126 valence electrons. The largest absolute Gasteiger partial charge is 0.490 e. The van der Waals surface area contributed by atoms with Crippen LogP contribution in [0.25, 0.3) is 0 Å². The van der Waals surface area contributed by atoms with Gasteiger partial charge < -0.3 is 15.0 Å². The van der Waals surface area contributed by atoms with E-state index >= 15 is 0 Å². The minimum atomic E-state index is -0.163. The van der Waals surface area contributed by atoms with E-state index in [0.717, 1.165) is 13.0 Å². The van der Waals surface area contributed by atoms with Crippen LogP contribution in [0.4, 0.5) is 4.79 Å². The van der Waals surface area contributed by atoms with E-state index < -0.39 is 0 Å². The SMILES string of the molecule is CCCN1C=CN(C(=O)NCCOc2ccc(Cl)c(Cl)c2Cl)C1. The van der Waals surface area contributed by atoms with Gasteiger partial charge in [0.15, 0.2) is 0 Å². The number of ether oxygens (including phenoxy) is 1. The van der Waals surface area contributed by atoms with E-state index in [-0.39, 0.29) is 22.7 Å². The van der Waals surface area contributed by atoms with E-state index in [4.69, 9.17) is 39.5 Å². The smallest absolute Gasteiger partial charge is 0.323 e. The van der Waals surface area contributed by atoms with Gasteiger partial charge in [0.25, 0.3) is 0 Å². The molecular formula is C15H18Cl3N3O2. The number of hydrogen-bond donors (Lipinski definition) is 1. The van der Waals surface area contributed by atoms with E-state index in [1.54, 1.807) is 23.2 Å². The molecule has 0 atom stereocenters. The zero-order valence-corrected chi connectivity index (χ0v) is 15.0. The van der Waals surface area contributed by atoms with Crippen LogP contribution in [0.2, 0.25) is 15.1 Å². The van der Waals surface area contributed by atoms with Crippen molar-refractivity contribution < 1.29 is 9.53 Å². The number of amides is 2. The molecule has 0 fully saturated rings. The number of halogens is 3. The van der Waals surface area contributed by atoms with Crippen LogP contribution in [-0.4, -0.2) is 42.2 Å². The van der Waals surface area contributed by atoms with Gasteiger partial charge >= 0.3 is 6.03 Å². The van der Waals surface area contributed by atoms with Gasteiger partial charge in [0.1, 0.15) is 17.4 Å². The molecule has 0 saturated carbocycles.